The average molecular weight is 949 g/mol. The molecule has 350 valence electrons. The summed E-state index contributed by atoms with van der Waals surface area (Å²) in [5.41, 5.74) is 21.0. The summed E-state index contributed by atoms with van der Waals surface area (Å²) in [4.78, 5) is 15.5. The maximum atomic E-state index is 10.6. The van der Waals surface area contributed by atoms with Gasteiger partial charge in [0, 0.05) is 49.4 Å². The van der Waals surface area contributed by atoms with Crippen molar-refractivity contribution in [3.8, 4) is 85.0 Å². The SMILES string of the molecule is Cc1ccc(-c2ccc3c(c2)c2ccccc2n3-c2cc(C#N)ccc2-c2ccc(-c3nc(-c4ccccc4)nc(-c4ccccc4)n3)cc2-n2c3ccccc3c3cc(-c4ccc(C)cc4C)ccc32)c(C)c1. The summed E-state index contributed by atoms with van der Waals surface area (Å²) in [6, 6.07) is 79.7. The zero-order valence-corrected chi connectivity index (χ0v) is 41.5. The molecule has 74 heavy (non-hydrogen) atoms. The molecule has 10 aromatic carbocycles. The van der Waals surface area contributed by atoms with Gasteiger partial charge in [0.2, 0.25) is 0 Å². The minimum absolute atomic E-state index is 0.561. The summed E-state index contributed by atoms with van der Waals surface area (Å²) in [5, 5.41) is 15.2. The first kappa shape index (κ1) is 44.3. The number of hydrogen-bond acceptors (Lipinski definition) is 4. The first-order valence-corrected chi connectivity index (χ1v) is 25.1. The lowest BCUT2D eigenvalue weighted by atomic mass is 9.96. The summed E-state index contributed by atoms with van der Waals surface area (Å²) in [5.74, 6) is 1.75. The Morgan fingerprint density at radius 2 is 0.730 bits per heavy atom. The zero-order chi connectivity index (χ0) is 50.0. The fourth-order valence-electron chi connectivity index (χ4n) is 11.1. The monoisotopic (exact) mass is 948 g/mol. The third-order valence-electron chi connectivity index (χ3n) is 14.6. The molecule has 0 unspecified atom stereocenters. The van der Waals surface area contributed by atoms with E-state index in [1.54, 1.807) is 0 Å². The van der Waals surface area contributed by atoms with Crippen molar-refractivity contribution in [2.24, 2.45) is 0 Å². The number of rotatable bonds is 8. The fraction of sp³-hybridized carbons (Fsp3) is 0.0588. The molecule has 0 radical (unpaired) electrons. The van der Waals surface area contributed by atoms with Crippen molar-refractivity contribution < 1.29 is 0 Å². The Labute approximate surface area is 429 Å². The number of aromatic nitrogens is 5. The van der Waals surface area contributed by atoms with Crippen molar-refractivity contribution in [3.05, 3.63) is 246 Å². The van der Waals surface area contributed by atoms with Crippen LogP contribution in [-0.2, 0) is 0 Å². The molecule has 0 saturated heterocycles. The second kappa shape index (κ2) is 17.9. The van der Waals surface area contributed by atoms with Gasteiger partial charge in [-0.3, -0.25) is 0 Å². The summed E-state index contributed by atoms with van der Waals surface area (Å²) >= 11 is 0. The molecular formula is C68H48N6. The molecule has 0 N–H and O–H groups in total. The van der Waals surface area contributed by atoms with Gasteiger partial charge in [-0.05, 0) is 116 Å². The van der Waals surface area contributed by atoms with Gasteiger partial charge >= 0.3 is 0 Å². The third-order valence-corrected chi connectivity index (χ3v) is 14.6. The van der Waals surface area contributed by atoms with E-state index in [0.717, 1.165) is 88.4 Å². The number of fused-ring (bicyclic) bond motifs is 6. The molecule has 13 aromatic rings. The Balaban J connectivity index is 1.10. The predicted molar refractivity (Wildman–Crippen MR) is 305 cm³/mol. The Bertz CT molecular complexity index is 4360. The van der Waals surface area contributed by atoms with E-state index in [9.17, 15) is 5.26 Å². The summed E-state index contributed by atoms with van der Waals surface area (Å²) in [6.45, 7) is 8.66. The van der Waals surface area contributed by atoms with Gasteiger partial charge in [0.15, 0.2) is 17.5 Å². The van der Waals surface area contributed by atoms with Crippen LogP contribution in [0.15, 0.2) is 218 Å². The van der Waals surface area contributed by atoms with Crippen LogP contribution in [0.25, 0.3) is 123 Å². The number of para-hydroxylation sites is 2. The fourth-order valence-corrected chi connectivity index (χ4v) is 11.1. The van der Waals surface area contributed by atoms with Crippen LogP contribution in [-0.4, -0.2) is 24.1 Å². The van der Waals surface area contributed by atoms with E-state index in [4.69, 9.17) is 15.0 Å². The predicted octanol–water partition coefficient (Wildman–Crippen LogP) is 17.2. The summed E-state index contributed by atoms with van der Waals surface area (Å²) in [6.07, 6.45) is 0. The minimum atomic E-state index is 0.561. The van der Waals surface area contributed by atoms with Gasteiger partial charge in [0.1, 0.15) is 0 Å². The summed E-state index contributed by atoms with van der Waals surface area (Å²) in [7, 11) is 0. The van der Waals surface area contributed by atoms with Gasteiger partial charge in [0.05, 0.1) is 45.1 Å². The van der Waals surface area contributed by atoms with Crippen molar-refractivity contribution in [1.29, 1.82) is 5.26 Å². The Morgan fingerprint density at radius 1 is 0.324 bits per heavy atom. The van der Waals surface area contributed by atoms with Gasteiger partial charge in [-0.2, -0.15) is 5.26 Å². The van der Waals surface area contributed by atoms with Crippen molar-refractivity contribution in [2.45, 2.75) is 27.7 Å². The molecule has 0 aliphatic heterocycles. The lowest BCUT2D eigenvalue weighted by Crippen LogP contribution is -2.04. The van der Waals surface area contributed by atoms with Crippen molar-refractivity contribution >= 4 is 43.6 Å². The van der Waals surface area contributed by atoms with E-state index in [1.807, 2.05) is 72.8 Å². The highest BCUT2D eigenvalue weighted by molar-refractivity contribution is 6.13. The second-order valence-corrected chi connectivity index (χ2v) is 19.4. The maximum Gasteiger partial charge on any atom is 0.164 e. The number of nitriles is 1. The van der Waals surface area contributed by atoms with E-state index >= 15 is 0 Å². The third kappa shape index (κ3) is 7.53. The Morgan fingerprint density at radius 3 is 1.22 bits per heavy atom. The van der Waals surface area contributed by atoms with Gasteiger partial charge in [-0.25, -0.2) is 15.0 Å². The number of aryl methyl sites for hydroxylation is 4. The van der Waals surface area contributed by atoms with Crippen molar-refractivity contribution in [1.82, 2.24) is 24.1 Å². The van der Waals surface area contributed by atoms with Crippen LogP contribution >= 0.6 is 0 Å². The van der Waals surface area contributed by atoms with Gasteiger partial charge in [-0.1, -0.05) is 175 Å². The van der Waals surface area contributed by atoms with E-state index in [1.165, 1.54) is 38.9 Å². The van der Waals surface area contributed by atoms with Crippen LogP contribution in [0.5, 0.6) is 0 Å². The molecule has 3 aromatic heterocycles. The number of hydrogen-bond donors (Lipinski definition) is 0. The van der Waals surface area contributed by atoms with Crippen molar-refractivity contribution in [2.75, 3.05) is 0 Å². The average Bonchev–Trinajstić information content (AvgIpc) is 3.95. The molecule has 0 atom stereocenters. The standard InChI is InChI=1S/C68H48N6/c1-42-23-29-52(44(3)35-42)49-27-33-62-58(38-49)54-19-11-13-21-60(54)73(62)64-37-46(41-69)25-31-56(64)57-32-26-51(68-71-66(47-15-7-5-8-16-47)70-67(72-68)48-17-9-6-10-18-48)40-65(57)74-61-22-14-12-20-55(61)59-39-50(28-34-63(59)74)53-30-24-43(2)36-45(53)4/h5-40H,1-4H3. The lowest BCUT2D eigenvalue weighted by molar-refractivity contribution is 1.07. The molecule has 0 bridgehead atoms. The number of benzene rings is 10. The molecule has 0 amide bonds. The smallest absolute Gasteiger partial charge is 0.164 e. The molecule has 0 aliphatic rings. The zero-order valence-electron chi connectivity index (χ0n) is 41.5. The van der Waals surface area contributed by atoms with Crippen LogP contribution in [0.3, 0.4) is 0 Å². The van der Waals surface area contributed by atoms with Crippen LogP contribution < -0.4 is 0 Å². The van der Waals surface area contributed by atoms with E-state index in [-0.39, 0.29) is 0 Å². The van der Waals surface area contributed by atoms with E-state index < -0.39 is 0 Å². The first-order chi connectivity index (χ1) is 36.3. The quantitative estimate of drug-likeness (QED) is 0.152. The molecule has 0 saturated carbocycles. The molecule has 13 rings (SSSR count). The van der Waals surface area contributed by atoms with Gasteiger partial charge in [-0.15, -0.1) is 0 Å². The van der Waals surface area contributed by atoms with Crippen LogP contribution in [0, 0.1) is 39.0 Å². The topological polar surface area (TPSA) is 72.3 Å². The number of nitrogens with zero attached hydrogens (tertiary/aromatic N) is 6. The Hall–Kier alpha value is -9.70. The van der Waals surface area contributed by atoms with E-state index in [2.05, 4.69) is 188 Å². The first-order valence-electron chi connectivity index (χ1n) is 25.1. The molecule has 6 heteroatoms. The van der Waals surface area contributed by atoms with Crippen LogP contribution in [0.1, 0.15) is 27.8 Å². The van der Waals surface area contributed by atoms with E-state index in [0.29, 0.717) is 23.0 Å². The van der Waals surface area contributed by atoms with Crippen LogP contribution in [0.2, 0.25) is 0 Å². The molecule has 0 spiro atoms. The Kier molecular flexibility index (Phi) is 10.7. The molecule has 0 fully saturated rings. The highest BCUT2D eigenvalue weighted by Gasteiger charge is 2.24. The second-order valence-electron chi connectivity index (χ2n) is 19.4. The van der Waals surface area contributed by atoms with Gasteiger partial charge < -0.3 is 9.13 Å². The summed E-state index contributed by atoms with van der Waals surface area (Å²) < 4.78 is 4.74. The highest BCUT2D eigenvalue weighted by Crippen LogP contribution is 2.44. The molecular weight excluding hydrogens is 901 g/mol. The largest absolute Gasteiger partial charge is 0.309 e. The normalized spacial score (nSPS) is 11.5. The molecule has 0 aliphatic carbocycles. The van der Waals surface area contributed by atoms with Crippen LogP contribution in [0.4, 0.5) is 0 Å². The molecule has 3 heterocycles. The van der Waals surface area contributed by atoms with Gasteiger partial charge in [0.25, 0.3) is 0 Å². The molecule has 6 nitrogen and oxygen atoms in total. The lowest BCUT2D eigenvalue weighted by Gasteiger charge is -2.20. The van der Waals surface area contributed by atoms with Crippen molar-refractivity contribution in [3.63, 3.8) is 0 Å². The maximum absolute atomic E-state index is 10.6. The highest BCUT2D eigenvalue weighted by atomic mass is 15.0. The minimum Gasteiger partial charge on any atom is -0.309 e.